The molecule has 10 heteroatoms. The van der Waals surface area contributed by atoms with Gasteiger partial charge in [0.25, 0.3) is 5.95 Å². The third kappa shape index (κ3) is 2.73. The predicted octanol–water partition coefficient (Wildman–Crippen LogP) is 1.48. The molecule has 0 bridgehead atoms. The maximum absolute atomic E-state index is 12.3. The minimum atomic E-state index is -4.89. The third-order valence-electron chi connectivity index (χ3n) is 2.29. The zero-order valence-electron chi connectivity index (χ0n) is 9.67. The van der Waals surface area contributed by atoms with Crippen LogP contribution in [0.3, 0.4) is 0 Å². The van der Waals surface area contributed by atoms with E-state index in [-0.39, 0.29) is 10.7 Å². The fourth-order valence-corrected chi connectivity index (χ4v) is 1.60. The third-order valence-corrected chi connectivity index (χ3v) is 2.61. The maximum Gasteiger partial charge on any atom is 0.501 e. The number of hydrogen-bond donors (Lipinski definition) is 1. The van der Waals surface area contributed by atoms with Gasteiger partial charge in [0, 0.05) is 0 Å². The number of rotatable bonds is 2. The van der Waals surface area contributed by atoms with Crippen molar-refractivity contribution in [3.63, 3.8) is 0 Å². The average molecular weight is 306 g/mol. The Balaban J connectivity index is 2.47. The molecule has 1 aromatic carbocycles. The molecule has 106 valence electrons. The topological polar surface area (TPSA) is 77.0 Å². The lowest BCUT2D eigenvalue weighted by molar-refractivity contribution is -0.130. The highest BCUT2D eigenvalue weighted by atomic mass is 35.5. The van der Waals surface area contributed by atoms with Crippen molar-refractivity contribution in [2.24, 2.45) is 5.84 Å². The van der Waals surface area contributed by atoms with E-state index in [0.717, 1.165) is 10.9 Å². The summed E-state index contributed by atoms with van der Waals surface area (Å²) in [6, 6.07) is 6.25. The average Bonchev–Trinajstić information content (AvgIpc) is 2.38. The lowest BCUT2D eigenvalue weighted by atomic mass is 10.3. The highest BCUT2D eigenvalue weighted by Gasteiger charge is 2.37. The van der Waals surface area contributed by atoms with E-state index >= 15 is 0 Å². The Morgan fingerprint density at radius 3 is 2.50 bits per heavy atom. The summed E-state index contributed by atoms with van der Waals surface area (Å²) in [5.41, 5.74) is -0.732. The molecule has 0 saturated carbocycles. The van der Waals surface area contributed by atoms with Crippen LogP contribution in [0, 0.1) is 0 Å². The van der Waals surface area contributed by atoms with Gasteiger partial charge < -0.3 is 0 Å². The summed E-state index contributed by atoms with van der Waals surface area (Å²) in [6.45, 7) is 0. The fourth-order valence-electron chi connectivity index (χ4n) is 1.37. The Hall–Kier alpha value is -2.13. The van der Waals surface area contributed by atoms with E-state index < -0.39 is 22.9 Å². The van der Waals surface area contributed by atoms with Gasteiger partial charge in [-0.1, -0.05) is 23.7 Å². The molecular weight excluding hydrogens is 299 g/mol. The first kappa shape index (κ1) is 14.3. The first-order chi connectivity index (χ1) is 9.30. The fraction of sp³-hybridized carbons (Fsp3) is 0.100. The molecule has 0 spiro atoms. The van der Waals surface area contributed by atoms with Gasteiger partial charge in [-0.25, -0.2) is 20.2 Å². The quantitative estimate of drug-likeness (QED) is 0.516. The van der Waals surface area contributed by atoms with Crippen LogP contribution in [0.25, 0.3) is 5.69 Å². The van der Waals surface area contributed by atoms with Gasteiger partial charge >= 0.3 is 12.0 Å². The van der Waals surface area contributed by atoms with Crippen molar-refractivity contribution in [2.45, 2.75) is 6.30 Å². The summed E-state index contributed by atoms with van der Waals surface area (Å²) in [4.78, 5) is 18.3. The molecule has 0 atom stereocenters. The number of alkyl halides is 3. The van der Waals surface area contributed by atoms with E-state index in [4.69, 9.17) is 17.4 Å². The minimum Gasteiger partial charge on any atom is -0.249 e. The van der Waals surface area contributed by atoms with Gasteiger partial charge in [0.05, 0.1) is 10.7 Å². The molecule has 1 aromatic heterocycles. The normalized spacial score (nSPS) is 11.4. The van der Waals surface area contributed by atoms with Crippen LogP contribution in [-0.4, -0.2) is 20.8 Å². The lowest BCUT2D eigenvalue weighted by Crippen LogP contribution is -2.46. The molecule has 0 radical (unpaired) electrons. The van der Waals surface area contributed by atoms with Gasteiger partial charge in [0.1, 0.15) is 6.33 Å². The number of aromatic nitrogens is 3. The number of benzene rings is 1. The summed E-state index contributed by atoms with van der Waals surface area (Å²) >= 11 is 5.88. The zero-order chi connectivity index (χ0) is 14.9. The first-order valence-electron chi connectivity index (χ1n) is 5.13. The molecule has 2 aromatic rings. The van der Waals surface area contributed by atoms with Crippen LogP contribution in [0.1, 0.15) is 0 Å². The molecule has 0 saturated heterocycles. The van der Waals surface area contributed by atoms with Crippen molar-refractivity contribution < 1.29 is 13.2 Å². The summed E-state index contributed by atoms with van der Waals surface area (Å²) < 4.78 is 37.9. The van der Waals surface area contributed by atoms with Crippen molar-refractivity contribution in [3.05, 3.63) is 46.1 Å². The largest absolute Gasteiger partial charge is 0.501 e. The van der Waals surface area contributed by atoms with Crippen molar-refractivity contribution in [1.29, 1.82) is 0 Å². The Morgan fingerprint density at radius 1 is 1.30 bits per heavy atom. The Bertz CT molecular complexity index is 687. The molecule has 0 aliphatic rings. The molecule has 2 rings (SSSR count). The van der Waals surface area contributed by atoms with Crippen LogP contribution < -0.4 is 16.5 Å². The van der Waals surface area contributed by atoms with Crippen molar-refractivity contribution in [3.8, 4) is 5.69 Å². The smallest absolute Gasteiger partial charge is 0.249 e. The summed E-state index contributed by atoms with van der Waals surface area (Å²) in [5, 5.41) is -0.419. The summed E-state index contributed by atoms with van der Waals surface area (Å²) in [7, 11) is 0. The Morgan fingerprint density at radius 2 is 1.95 bits per heavy atom. The van der Waals surface area contributed by atoms with E-state index in [0.29, 0.717) is 0 Å². The second-order valence-corrected chi connectivity index (χ2v) is 4.01. The zero-order valence-corrected chi connectivity index (χ0v) is 10.4. The molecule has 1 heterocycles. The number of anilines is 1. The molecule has 0 amide bonds. The number of para-hydroxylation sites is 1. The molecule has 0 aliphatic heterocycles. The van der Waals surface area contributed by atoms with Crippen LogP contribution in [0.4, 0.5) is 19.1 Å². The Kier molecular flexibility index (Phi) is 3.64. The van der Waals surface area contributed by atoms with E-state index in [1.807, 2.05) is 0 Å². The number of hydrazine groups is 1. The van der Waals surface area contributed by atoms with Crippen LogP contribution >= 0.6 is 11.6 Å². The molecule has 2 N–H and O–H groups in total. The van der Waals surface area contributed by atoms with Crippen LogP contribution in [0.15, 0.2) is 35.4 Å². The number of hydrogen-bond acceptors (Lipinski definition) is 5. The van der Waals surface area contributed by atoms with Crippen molar-refractivity contribution in [1.82, 2.24) is 14.5 Å². The molecular formula is C10H7ClF3N5O. The van der Waals surface area contributed by atoms with Crippen LogP contribution in [0.2, 0.25) is 5.02 Å². The van der Waals surface area contributed by atoms with Gasteiger partial charge in [-0.2, -0.15) is 9.99 Å². The second-order valence-electron chi connectivity index (χ2n) is 3.60. The molecule has 0 aliphatic carbocycles. The van der Waals surface area contributed by atoms with Gasteiger partial charge in [-0.15, -0.1) is 13.2 Å². The van der Waals surface area contributed by atoms with Gasteiger partial charge in [0.15, 0.2) is 0 Å². The number of nitrogens with two attached hydrogens (primary N) is 1. The van der Waals surface area contributed by atoms with Gasteiger partial charge in [0.2, 0.25) is 0 Å². The summed E-state index contributed by atoms with van der Waals surface area (Å²) in [5.74, 6) is 3.82. The predicted molar refractivity (Wildman–Crippen MR) is 65.4 cm³/mol. The molecule has 20 heavy (non-hydrogen) atoms. The maximum atomic E-state index is 12.3. The lowest BCUT2D eigenvalue weighted by Gasteiger charge is -2.18. The van der Waals surface area contributed by atoms with Crippen LogP contribution in [-0.2, 0) is 0 Å². The molecule has 0 fully saturated rings. The second kappa shape index (κ2) is 5.10. The van der Waals surface area contributed by atoms with E-state index in [1.54, 1.807) is 12.1 Å². The first-order valence-corrected chi connectivity index (χ1v) is 5.51. The van der Waals surface area contributed by atoms with Gasteiger partial charge in [-0.3, -0.25) is 0 Å². The SMILES string of the molecule is NN(c1ncn(-c2ccccc2Cl)c(=O)n1)C(F)(F)F. The van der Waals surface area contributed by atoms with E-state index in [1.165, 1.54) is 12.1 Å². The molecule has 6 nitrogen and oxygen atoms in total. The summed E-state index contributed by atoms with van der Waals surface area (Å²) in [6.07, 6.45) is -4.01. The minimum absolute atomic E-state index is 0.228. The monoisotopic (exact) mass is 305 g/mol. The van der Waals surface area contributed by atoms with Crippen molar-refractivity contribution >= 4 is 17.5 Å². The van der Waals surface area contributed by atoms with Gasteiger partial charge in [-0.05, 0) is 12.1 Å². The molecule has 0 unspecified atom stereocenters. The van der Waals surface area contributed by atoms with Crippen LogP contribution in [0.5, 0.6) is 0 Å². The highest BCUT2D eigenvalue weighted by Crippen LogP contribution is 2.21. The standard InChI is InChI=1S/C10H7ClF3N5O/c11-6-3-1-2-4-7(6)18-5-16-8(17-9(18)20)19(15)10(12,13)14/h1-5H,15H2. The van der Waals surface area contributed by atoms with E-state index in [2.05, 4.69) is 9.97 Å². The van der Waals surface area contributed by atoms with Crippen molar-refractivity contribution in [2.75, 3.05) is 5.01 Å². The highest BCUT2D eigenvalue weighted by molar-refractivity contribution is 6.32. The number of halogens is 4. The number of nitrogens with zero attached hydrogens (tertiary/aromatic N) is 4. The van der Waals surface area contributed by atoms with E-state index in [9.17, 15) is 18.0 Å². The Labute approximate surface area is 115 Å².